The summed E-state index contributed by atoms with van der Waals surface area (Å²) in [6.45, 7) is 0. The molecule has 0 aliphatic rings. The maximum Gasteiger partial charge on any atom is 0.305 e. The summed E-state index contributed by atoms with van der Waals surface area (Å²) in [4.78, 5) is 17.2. The van der Waals surface area contributed by atoms with Crippen molar-refractivity contribution in [3.63, 3.8) is 0 Å². The van der Waals surface area contributed by atoms with Crippen molar-refractivity contribution in [1.29, 1.82) is 0 Å². The molecule has 2 aromatic rings. The van der Waals surface area contributed by atoms with Crippen molar-refractivity contribution < 1.29 is 13.7 Å². The molecule has 0 atom stereocenters. The van der Waals surface area contributed by atoms with Crippen LogP contribution in [0.1, 0.15) is 11.4 Å². The van der Waals surface area contributed by atoms with Gasteiger partial charge in [-0.15, -0.1) is 0 Å². The normalized spacial score (nSPS) is 10.3. The Morgan fingerprint density at radius 1 is 1.22 bits per heavy atom. The second kappa shape index (κ2) is 4.82. The first-order valence-electron chi connectivity index (χ1n) is 4.95. The molecule has 0 saturated heterocycles. The van der Waals surface area contributed by atoms with E-state index in [1.807, 2.05) is 0 Å². The molecule has 0 unspecified atom stereocenters. The predicted octanol–water partition coefficient (Wildman–Crippen LogP) is 2.25. The van der Waals surface area contributed by atoms with Gasteiger partial charge in [0, 0.05) is 6.42 Å². The number of nitro groups is 1. The van der Waals surface area contributed by atoms with Gasteiger partial charge >= 0.3 is 5.69 Å². The van der Waals surface area contributed by atoms with E-state index in [0.29, 0.717) is 0 Å². The highest BCUT2D eigenvalue weighted by Crippen LogP contribution is 2.14. The van der Waals surface area contributed by atoms with E-state index in [9.17, 15) is 18.9 Å². The smallest absolute Gasteiger partial charge is 0.258 e. The number of hydrogen-bond donors (Lipinski definition) is 0. The lowest BCUT2D eigenvalue weighted by molar-refractivity contribution is -0.385. The molecular formula is C11H7F2N3O2. The highest BCUT2D eigenvalue weighted by atomic mass is 19.1. The van der Waals surface area contributed by atoms with Gasteiger partial charge in [0.25, 0.3) is 0 Å². The number of hydrogen-bond acceptors (Lipinski definition) is 4. The minimum atomic E-state index is -0.632. The number of nitrogens with zero attached hydrogens (tertiary/aromatic N) is 3. The second-order valence-electron chi connectivity index (χ2n) is 3.53. The average molecular weight is 251 g/mol. The lowest BCUT2D eigenvalue weighted by Crippen LogP contribution is -2.00. The summed E-state index contributed by atoms with van der Waals surface area (Å²) >= 11 is 0. The number of halogens is 2. The minimum absolute atomic E-state index is 0.0262. The van der Waals surface area contributed by atoms with Crippen molar-refractivity contribution >= 4 is 5.69 Å². The average Bonchev–Trinajstić information content (AvgIpc) is 2.34. The third kappa shape index (κ3) is 2.62. The number of rotatable bonds is 3. The predicted molar refractivity (Wildman–Crippen MR) is 57.9 cm³/mol. The first kappa shape index (κ1) is 12.0. The van der Waals surface area contributed by atoms with Crippen molar-refractivity contribution in [2.75, 3.05) is 0 Å². The largest absolute Gasteiger partial charge is 0.305 e. The molecule has 1 aromatic heterocycles. The van der Waals surface area contributed by atoms with Crippen LogP contribution in [0.2, 0.25) is 0 Å². The Bertz CT molecular complexity index is 587. The van der Waals surface area contributed by atoms with Gasteiger partial charge in [-0.25, -0.2) is 18.7 Å². The van der Waals surface area contributed by atoms with E-state index in [2.05, 4.69) is 9.97 Å². The molecule has 1 heterocycles. The molecule has 0 N–H and O–H groups in total. The summed E-state index contributed by atoms with van der Waals surface area (Å²) < 4.78 is 26.3. The molecule has 92 valence electrons. The Balaban J connectivity index is 2.23. The van der Waals surface area contributed by atoms with Gasteiger partial charge in [0.1, 0.15) is 29.9 Å². The van der Waals surface area contributed by atoms with E-state index in [4.69, 9.17) is 0 Å². The van der Waals surface area contributed by atoms with Crippen molar-refractivity contribution in [3.05, 3.63) is 63.7 Å². The molecule has 1 aromatic carbocycles. The molecule has 0 fully saturated rings. The maximum absolute atomic E-state index is 13.3. The lowest BCUT2D eigenvalue weighted by atomic mass is 10.1. The summed E-state index contributed by atoms with van der Waals surface area (Å²) in [5, 5.41) is 10.4. The summed E-state index contributed by atoms with van der Waals surface area (Å²) in [6.07, 6.45) is 2.03. The topological polar surface area (TPSA) is 68.9 Å². The SMILES string of the molecule is O=[N+]([O-])c1cnc(Cc2cc(F)ccc2F)nc1. The molecule has 0 saturated carbocycles. The fraction of sp³-hybridized carbons (Fsp3) is 0.0909. The van der Waals surface area contributed by atoms with Gasteiger partial charge in [-0.05, 0) is 23.8 Å². The third-order valence-electron chi connectivity index (χ3n) is 2.26. The fourth-order valence-corrected chi connectivity index (χ4v) is 1.38. The van der Waals surface area contributed by atoms with E-state index in [1.54, 1.807) is 0 Å². The Morgan fingerprint density at radius 2 is 1.89 bits per heavy atom. The van der Waals surface area contributed by atoms with Crippen LogP contribution in [-0.4, -0.2) is 14.9 Å². The first-order chi connectivity index (χ1) is 8.56. The van der Waals surface area contributed by atoms with Crippen LogP contribution in [0.4, 0.5) is 14.5 Å². The van der Waals surface area contributed by atoms with Crippen LogP contribution in [-0.2, 0) is 6.42 Å². The Labute approximate surface area is 100 Å². The zero-order chi connectivity index (χ0) is 13.1. The minimum Gasteiger partial charge on any atom is -0.258 e. The molecule has 0 aliphatic heterocycles. The third-order valence-corrected chi connectivity index (χ3v) is 2.26. The van der Waals surface area contributed by atoms with Crippen molar-refractivity contribution in [3.8, 4) is 0 Å². The van der Waals surface area contributed by atoms with Crippen LogP contribution in [0, 0.1) is 21.7 Å². The highest BCUT2D eigenvalue weighted by Gasteiger charge is 2.10. The number of aromatic nitrogens is 2. The van der Waals surface area contributed by atoms with Crippen LogP contribution >= 0.6 is 0 Å². The lowest BCUT2D eigenvalue weighted by Gasteiger charge is -2.02. The van der Waals surface area contributed by atoms with Crippen molar-refractivity contribution in [1.82, 2.24) is 9.97 Å². The van der Waals surface area contributed by atoms with Gasteiger partial charge in [-0.2, -0.15) is 0 Å². The summed E-state index contributed by atoms with van der Waals surface area (Å²) in [5.41, 5.74) is -0.151. The van der Waals surface area contributed by atoms with Gasteiger partial charge in [0.15, 0.2) is 0 Å². The van der Waals surface area contributed by atoms with Crippen LogP contribution in [0.3, 0.4) is 0 Å². The summed E-state index contributed by atoms with van der Waals surface area (Å²) in [7, 11) is 0. The molecule has 7 heteroatoms. The highest BCUT2D eigenvalue weighted by molar-refractivity contribution is 5.25. The van der Waals surface area contributed by atoms with Crippen LogP contribution in [0.25, 0.3) is 0 Å². The van der Waals surface area contributed by atoms with Gasteiger partial charge in [-0.3, -0.25) is 10.1 Å². The van der Waals surface area contributed by atoms with E-state index in [0.717, 1.165) is 30.6 Å². The quantitative estimate of drug-likeness (QED) is 0.619. The monoisotopic (exact) mass is 251 g/mol. The van der Waals surface area contributed by atoms with Gasteiger partial charge in [-0.1, -0.05) is 0 Å². The molecular weight excluding hydrogens is 244 g/mol. The van der Waals surface area contributed by atoms with Crippen LogP contribution < -0.4 is 0 Å². The summed E-state index contributed by atoms with van der Waals surface area (Å²) in [6, 6.07) is 3.06. The van der Waals surface area contributed by atoms with E-state index < -0.39 is 16.6 Å². The van der Waals surface area contributed by atoms with E-state index in [-0.39, 0.29) is 23.5 Å². The van der Waals surface area contributed by atoms with Gasteiger partial charge < -0.3 is 0 Å². The van der Waals surface area contributed by atoms with Crippen LogP contribution in [0.5, 0.6) is 0 Å². The molecule has 2 rings (SSSR count). The molecule has 5 nitrogen and oxygen atoms in total. The maximum atomic E-state index is 13.3. The molecule has 0 bridgehead atoms. The number of benzene rings is 1. The molecule has 0 aliphatic carbocycles. The van der Waals surface area contributed by atoms with Gasteiger partial charge in [0.2, 0.25) is 0 Å². The standard InChI is InChI=1S/C11H7F2N3O2/c12-8-1-2-10(13)7(3-8)4-11-14-5-9(6-15-11)16(17)18/h1-3,5-6H,4H2. The zero-order valence-corrected chi connectivity index (χ0v) is 9.01. The van der Waals surface area contributed by atoms with Gasteiger partial charge in [0.05, 0.1) is 4.92 Å². The zero-order valence-electron chi connectivity index (χ0n) is 9.01. The van der Waals surface area contributed by atoms with Crippen LogP contribution in [0.15, 0.2) is 30.6 Å². The Hall–Kier alpha value is -2.44. The fourth-order valence-electron chi connectivity index (χ4n) is 1.38. The van der Waals surface area contributed by atoms with Crippen molar-refractivity contribution in [2.45, 2.75) is 6.42 Å². The molecule has 0 amide bonds. The Kier molecular flexibility index (Phi) is 3.22. The Morgan fingerprint density at radius 3 is 2.50 bits per heavy atom. The molecule has 18 heavy (non-hydrogen) atoms. The van der Waals surface area contributed by atoms with E-state index >= 15 is 0 Å². The molecule has 0 spiro atoms. The summed E-state index contributed by atoms with van der Waals surface area (Å²) in [5.74, 6) is -0.947. The first-order valence-corrected chi connectivity index (χ1v) is 4.95. The van der Waals surface area contributed by atoms with E-state index in [1.165, 1.54) is 0 Å². The van der Waals surface area contributed by atoms with Crippen molar-refractivity contribution in [2.24, 2.45) is 0 Å². The molecule has 0 radical (unpaired) electrons. The second-order valence-corrected chi connectivity index (χ2v) is 3.53.